The maximum Gasteiger partial charge on any atom is 0.337 e. The first-order valence-corrected chi connectivity index (χ1v) is 10.0. The van der Waals surface area contributed by atoms with Crippen molar-refractivity contribution in [1.29, 1.82) is 0 Å². The van der Waals surface area contributed by atoms with Crippen molar-refractivity contribution >= 4 is 33.3 Å². The third kappa shape index (κ3) is 3.83. The summed E-state index contributed by atoms with van der Waals surface area (Å²) in [7, 11) is -4.43. The van der Waals surface area contributed by atoms with Gasteiger partial charge < -0.3 is 10.8 Å². The molecule has 0 aliphatic heterocycles. The summed E-state index contributed by atoms with van der Waals surface area (Å²) < 4.78 is 27.3. The van der Waals surface area contributed by atoms with Crippen molar-refractivity contribution < 1.29 is 23.1 Å². The molecule has 0 bridgehead atoms. The third-order valence-corrected chi connectivity index (χ3v) is 6.00. The maximum absolute atomic E-state index is 13.4. The molecule has 0 saturated carbocycles. The zero-order chi connectivity index (χ0) is 21.2. The lowest BCUT2D eigenvalue weighted by Gasteiger charge is -2.24. The van der Waals surface area contributed by atoms with Crippen LogP contribution in [0.1, 0.15) is 26.3 Å². The second-order valence-electron chi connectivity index (χ2n) is 6.30. The number of sulfonamides is 1. The minimum atomic E-state index is -4.43. The highest BCUT2D eigenvalue weighted by Gasteiger charge is 2.35. The molecule has 0 aliphatic carbocycles. The third-order valence-electron chi connectivity index (χ3n) is 4.29. The van der Waals surface area contributed by atoms with Crippen LogP contribution in [0, 0.1) is 6.92 Å². The molecule has 3 aromatic rings. The lowest BCUT2D eigenvalue weighted by Crippen LogP contribution is -2.38. The fraction of sp³-hybridized carbons (Fsp3) is 0.0476. The molecule has 0 aromatic heterocycles. The molecule has 0 aliphatic rings. The number of amides is 1. The number of rotatable bonds is 5. The van der Waals surface area contributed by atoms with Gasteiger partial charge in [0, 0.05) is 5.69 Å². The number of carboxylic acids is 1. The number of nitrogen functional groups attached to an aromatic ring is 1. The standard InChI is InChI=1S/C21H18N2O5S/c1-14-10-12-15(13-11-14)29(27,28)23(19-9-5-3-7-17(19)21(25)26)20(24)16-6-2-4-8-18(16)22/h2-13H,22H2,1H3,(H,25,26). The smallest absolute Gasteiger partial charge is 0.337 e. The summed E-state index contributed by atoms with van der Waals surface area (Å²) in [6.45, 7) is 1.80. The Bertz CT molecular complexity index is 1190. The molecule has 7 nitrogen and oxygen atoms in total. The number of anilines is 2. The van der Waals surface area contributed by atoms with Crippen LogP contribution in [0.4, 0.5) is 11.4 Å². The molecular formula is C21H18N2O5S. The summed E-state index contributed by atoms with van der Waals surface area (Å²) in [6.07, 6.45) is 0. The maximum atomic E-state index is 13.4. The molecule has 0 radical (unpaired) electrons. The number of para-hydroxylation sites is 2. The van der Waals surface area contributed by atoms with Gasteiger partial charge in [0.1, 0.15) is 0 Å². The fourth-order valence-electron chi connectivity index (χ4n) is 2.80. The predicted molar refractivity (Wildman–Crippen MR) is 109 cm³/mol. The Kier molecular flexibility index (Phi) is 5.38. The van der Waals surface area contributed by atoms with Gasteiger partial charge in [-0.05, 0) is 43.3 Å². The zero-order valence-electron chi connectivity index (χ0n) is 15.4. The van der Waals surface area contributed by atoms with E-state index < -0.39 is 21.9 Å². The molecule has 3 rings (SSSR count). The molecule has 29 heavy (non-hydrogen) atoms. The first-order chi connectivity index (χ1) is 13.7. The van der Waals surface area contributed by atoms with E-state index in [-0.39, 0.29) is 27.4 Å². The number of carbonyl (C=O) groups is 2. The number of hydrogen-bond donors (Lipinski definition) is 2. The van der Waals surface area contributed by atoms with Crippen molar-refractivity contribution in [3.05, 3.63) is 89.5 Å². The van der Waals surface area contributed by atoms with Crippen LogP contribution in [0.3, 0.4) is 0 Å². The summed E-state index contributed by atoms with van der Waals surface area (Å²) in [4.78, 5) is 24.9. The summed E-state index contributed by atoms with van der Waals surface area (Å²) in [5.41, 5.74) is 6.14. The Balaban J connectivity index is 2.28. The van der Waals surface area contributed by atoms with E-state index in [4.69, 9.17) is 5.73 Å². The molecule has 0 fully saturated rings. The molecule has 148 valence electrons. The summed E-state index contributed by atoms with van der Waals surface area (Å²) in [5.74, 6) is -2.31. The normalized spacial score (nSPS) is 11.1. The molecule has 0 spiro atoms. The Morgan fingerprint density at radius 3 is 2.00 bits per heavy atom. The highest BCUT2D eigenvalue weighted by atomic mass is 32.2. The molecule has 0 atom stereocenters. The van der Waals surface area contributed by atoms with E-state index in [0.29, 0.717) is 4.31 Å². The van der Waals surface area contributed by atoms with Gasteiger partial charge in [-0.3, -0.25) is 4.79 Å². The SMILES string of the molecule is Cc1ccc(S(=O)(=O)N(C(=O)c2ccccc2N)c2ccccc2C(=O)O)cc1. The van der Waals surface area contributed by atoms with Crippen LogP contribution < -0.4 is 10.0 Å². The van der Waals surface area contributed by atoms with Gasteiger partial charge in [-0.15, -0.1) is 0 Å². The van der Waals surface area contributed by atoms with Crippen LogP contribution in [0.15, 0.2) is 77.7 Å². The number of carboxylic acid groups (broad SMARTS) is 1. The summed E-state index contributed by atoms with van der Waals surface area (Å²) in [6, 6.07) is 17.3. The van der Waals surface area contributed by atoms with Gasteiger partial charge in [-0.25, -0.2) is 13.2 Å². The van der Waals surface area contributed by atoms with Crippen LogP contribution in [-0.2, 0) is 10.0 Å². The quantitative estimate of drug-likeness (QED) is 0.623. The van der Waals surface area contributed by atoms with Crippen molar-refractivity contribution in [1.82, 2.24) is 0 Å². The molecule has 0 unspecified atom stereocenters. The van der Waals surface area contributed by atoms with E-state index >= 15 is 0 Å². The Labute approximate surface area is 168 Å². The minimum Gasteiger partial charge on any atom is -0.478 e. The van der Waals surface area contributed by atoms with Gasteiger partial charge in [-0.1, -0.05) is 42.0 Å². The average molecular weight is 410 g/mol. The highest BCUT2D eigenvalue weighted by molar-refractivity contribution is 7.93. The van der Waals surface area contributed by atoms with Crippen LogP contribution in [-0.4, -0.2) is 25.4 Å². The van der Waals surface area contributed by atoms with Crippen LogP contribution in [0.25, 0.3) is 0 Å². The number of nitrogens with zero attached hydrogens (tertiary/aromatic N) is 1. The number of aromatic carboxylic acids is 1. The predicted octanol–water partition coefficient (Wildman–Crippen LogP) is 3.31. The van der Waals surface area contributed by atoms with Crippen molar-refractivity contribution in [3.8, 4) is 0 Å². The second-order valence-corrected chi connectivity index (χ2v) is 8.08. The number of nitrogens with two attached hydrogens (primary N) is 1. The van der Waals surface area contributed by atoms with Gasteiger partial charge in [0.15, 0.2) is 0 Å². The van der Waals surface area contributed by atoms with E-state index in [1.807, 2.05) is 0 Å². The summed E-state index contributed by atoms with van der Waals surface area (Å²) >= 11 is 0. The number of benzene rings is 3. The first kappa shape index (κ1) is 20.1. The van der Waals surface area contributed by atoms with Crippen LogP contribution in [0.5, 0.6) is 0 Å². The average Bonchev–Trinajstić information content (AvgIpc) is 2.69. The van der Waals surface area contributed by atoms with E-state index in [2.05, 4.69) is 0 Å². The summed E-state index contributed by atoms with van der Waals surface area (Å²) in [5, 5.41) is 9.54. The molecule has 3 aromatic carbocycles. The molecule has 1 amide bonds. The van der Waals surface area contributed by atoms with E-state index in [9.17, 15) is 23.1 Å². The van der Waals surface area contributed by atoms with Crippen LogP contribution >= 0.6 is 0 Å². The van der Waals surface area contributed by atoms with Gasteiger partial charge in [0.25, 0.3) is 15.9 Å². The topological polar surface area (TPSA) is 118 Å². The van der Waals surface area contributed by atoms with E-state index in [1.165, 1.54) is 48.5 Å². The van der Waals surface area contributed by atoms with E-state index in [1.54, 1.807) is 31.2 Å². The Morgan fingerprint density at radius 2 is 1.41 bits per heavy atom. The number of aryl methyl sites for hydroxylation is 1. The molecule has 3 N–H and O–H groups in total. The molecule has 0 heterocycles. The lowest BCUT2D eigenvalue weighted by atomic mass is 10.1. The minimum absolute atomic E-state index is 0.0524. The molecule has 0 saturated heterocycles. The largest absolute Gasteiger partial charge is 0.478 e. The van der Waals surface area contributed by atoms with Gasteiger partial charge >= 0.3 is 5.97 Å². The van der Waals surface area contributed by atoms with Gasteiger partial charge in [0.2, 0.25) is 0 Å². The Hall–Kier alpha value is -3.65. The lowest BCUT2D eigenvalue weighted by molar-refractivity contribution is 0.0698. The number of carbonyl (C=O) groups excluding carboxylic acids is 1. The zero-order valence-corrected chi connectivity index (χ0v) is 16.3. The van der Waals surface area contributed by atoms with Crippen molar-refractivity contribution in [2.75, 3.05) is 10.0 Å². The Morgan fingerprint density at radius 1 is 0.862 bits per heavy atom. The number of hydrogen-bond acceptors (Lipinski definition) is 5. The fourth-order valence-corrected chi connectivity index (χ4v) is 4.22. The molecule has 8 heteroatoms. The van der Waals surface area contributed by atoms with Crippen molar-refractivity contribution in [3.63, 3.8) is 0 Å². The second kappa shape index (κ2) is 7.76. The highest BCUT2D eigenvalue weighted by Crippen LogP contribution is 2.30. The van der Waals surface area contributed by atoms with Gasteiger partial charge in [0.05, 0.1) is 21.7 Å². The van der Waals surface area contributed by atoms with E-state index in [0.717, 1.165) is 5.56 Å². The van der Waals surface area contributed by atoms with Crippen LogP contribution in [0.2, 0.25) is 0 Å². The van der Waals surface area contributed by atoms with Crippen molar-refractivity contribution in [2.24, 2.45) is 0 Å². The monoisotopic (exact) mass is 410 g/mol. The molecular weight excluding hydrogens is 392 g/mol. The van der Waals surface area contributed by atoms with Crippen molar-refractivity contribution in [2.45, 2.75) is 11.8 Å². The first-order valence-electron chi connectivity index (χ1n) is 8.56. The van der Waals surface area contributed by atoms with Gasteiger partial charge in [-0.2, -0.15) is 4.31 Å².